The molecule has 36 heavy (non-hydrogen) atoms. The van der Waals surface area contributed by atoms with E-state index in [1.807, 2.05) is 12.1 Å². The predicted molar refractivity (Wildman–Crippen MR) is 138 cm³/mol. The number of hydrogen-bond acceptors (Lipinski definition) is 8. The van der Waals surface area contributed by atoms with Gasteiger partial charge in [-0.25, -0.2) is 9.97 Å². The second-order valence-corrected chi connectivity index (χ2v) is 9.70. The molecule has 2 N–H and O–H groups in total. The molecule has 1 aromatic heterocycles. The Bertz CT molecular complexity index is 977. The van der Waals surface area contributed by atoms with Crippen LogP contribution in [-0.4, -0.2) is 67.2 Å². The minimum Gasteiger partial charge on any atom is -0.481 e. The number of nitrogens with zero attached hydrogens (tertiary/aromatic N) is 3. The van der Waals surface area contributed by atoms with Crippen LogP contribution in [0, 0.1) is 5.92 Å². The molecular formula is C27H38N4O5. The maximum Gasteiger partial charge on any atom is 0.316 e. The molecule has 0 amide bonds. The summed E-state index contributed by atoms with van der Waals surface area (Å²) in [5.74, 6) is -0.461. The van der Waals surface area contributed by atoms with Crippen molar-refractivity contribution < 1.29 is 24.1 Å². The summed E-state index contributed by atoms with van der Waals surface area (Å²) in [4.78, 5) is 22.7. The fraction of sp³-hybridized carbons (Fsp3) is 0.593. The van der Waals surface area contributed by atoms with Crippen LogP contribution in [0.1, 0.15) is 56.9 Å². The van der Waals surface area contributed by atoms with Crippen LogP contribution in [0.3, 0.4) is 0 Å². The molecule has 2 aliphatic rings. The first kappa shape index (κ1) is 26.2. The van der Waals surface area contributed by atoms with E-state index in [-0.39, 0.29) is 12.3 Å². The monoisotopic (exact) mass is 498 g/mol. The average molecular weight is 499 g/mol. The lowest BCUT2D eigenvalue weighted by Crippen LogP contribution is -2.40. The number of hydrogen-bond donors (Lipinski definition) is 2. The van der Waals surface area contributed by atoms with E-state index in [0.717, 1.165) is 61.6 Å². The summed E-state index contributed by atoms with van der Waals surface area (Å²) in [6, 6.07) is 6.94. The predicted octanol–water partition coefficient (Wildman–Crippen LogP) is 4.61. The van der Waals surface area contributed by atoms with Crippen LogP contribution < -0.4 is 15.0 Å². The highest BCUT2D eigenvalue weighted by atomic mass is 16.5. The van der Waals surface area contributed by atoms with Crippen LogP contribution in [0.2, 0.25) is 0 Å². The zero-order chi connectivity index (χ0) is 25.3. The number of methoxy groups -OCH3 is 1. The van der Waals surface area contributed by atoms with Crippen molar-refractivity contribution in [2.24, 2.45) is 5.92 Å². The lowest BCUT2D eigenvalue weighted by Gasteiger charge is -2.37. The molecule has 1 unspecified atom stereocenters. The molecule has 4 rings (SSSR count). The van der Waals surface area contributed by atoms with Crippen molar-refractivity contribution in [1.82, 2.24) is 9.97 Å². The number of rotatable bonds is 14. The number of carboxylic acids is 1. The maximum atomic E-state index is 11.5. The Hall–Kier alpha value is -2.91. The minimum absolute atomic E-state index is 0.00139. The lowest BCUT2D eigenvalue weighted by molar-refractivity contribution is -0.137. The standard InChI is InChI=1S/C27H38N4O5/c1-3-10-31(23-8-11-35-12-9-23)25-7-6-20(21(18-34-2)14-26(32)33)13-24(25)30-22-15-28-27(29-16-22)36-17-19-4-5-19/h6-7,13,15-16,19,21,23,30H,3-5,8-12,14,17-18H2,1-2H3,(H,32,33). The largest absolute Gasteiger partial charge is 0.481 e. The summed E-state index contributed by atoms with van der Waals surface area (Å²) < 4.78 is 16.6. The van der Waals surface area contributed by atoms with Gasteiger partial charge in [0, 0.05) is 38.8 Å². The van der Waals surface area contributed by atoms with Crippen LogP contribution in [0.5, 0.6) is 6.01 Å². The van der Waals surface area contributed by atoms with Crippen LogP contribution in [0.25, 0.3) is 0 Å². The van der Waals surface area contributed by atoms with Gasteiger partial charge in [0.25, 0.3) is 0 Å². The van der Waals surface area contributed by atoms with Crippen LogP contribution >= 0.6 is 0 Å². The number of aromatic nitrogens is 2. The third-order valence-corrected chi connectivity index (χ3v) is 6.74. The van der Waals surface area contributed by atoms with E-state index >= 15 is 0 Å². The molecule has 9 nitrogen and oxygen atoms in total. The van der Waals surface area contributed by atoms with Crippen molar-refractivity contribution in [2.75, 3.05) is 50.3 Å². The molecule has 0 radical (unpaired) electrons. The van der Waals surface area contributed by atoms with Gasteiger partial charge in [0.15, 0.2) is 0 Å². The Kier molecular flexibility index (Phi) is 9.35. The Morgan fingerprint density at radius 1 is 1.22 bits per heavy atom. The van der Waals surface area contributed by atoms with E-state index in [1.165, 1.54) is 12.8 Å². The molecule has 2 aromatic rings. The first-order chi connectivity index (χ1) is 17.6. The van der Waals surface area contributed by atoms with E-state index in [4.69, 9.17) is 14.2 Å². The molecule has 2 heterocycles. The number of carboxylic acid groups (broad SMARTS) is 1. The molecule has 1 aromatic carbocycles. The van der Waals surface area contributed by atoms with Crippen molar-refractivity contribution in [2.45, 2.75) is 57.4 Å². The summed E-state index contributed by atoms with van der Waals surface area (Å²) in [5.41, 5.74) is 3.64. The summed E-state index contributed by atoms with van der Waals surface area (Å²) in [7, 11) is 1.60. The molecule has 1 aliphatic heterocycles. The topological polar surface area (TPSA) is 106 Å². The van der Waals surface area contributed by atoms with Gasteiger partial charge in [0.2, 0.25) is 0 Å². The number of ether oxygens (including phenoxy) is 3. The van der Waals surface area contributed by atoms with Gasteiger partial charge in [-0.3, -0.25) is 4.79 Å². The van der Waals surface area contributed by atoms with Crippen LogP contribution in [0.15, 0.2) is 30.6 Å². The molecule has 1 saturated heterocycles. The molecule has 1 atom stereocenters. The van der Waals surface area contributed by atoms with Gasteiger partial charge in [-0.1, -0.05) is 13.0 Å². The molecule has 0 bridgehead atoms. The Balaban J connectivity index is 1.63. The van der Waals surface area contributed by atoms with Gasteiger partial charge in [0.05, 0.1) is 49.1 Å². The number of nitrogens with one attached hydrogen (secondary N) is 1. The SMILES string of the molecule is CCCN(c1ccc(C(COC)CC(=O)O)cc1Nc1cnc(OCC2CC2)nc1)C1CCOCC1. The first-order valence-corrected chi connectivity index (χ1v) is 13.0. The van der Waals surface area contributed by atoms with Gasteiger partial charge in [-0.05, 0) is 55.7 Å². The van der Waals surface area contributed by atoms with Crippen molar-refractivity contribution in [3.05, 3.63) is 36.2 Å². The van der Waals surface area contributed by atoms with E-state index in [2.05, 4.69) is 33.2 Å². The van der Waals surface area contributed by atoms with Crippen molar-refractivity contribution >= 4 is 23.0 Å². The molecular weight excluding hydrogens is 460 g/mol. The number of carbonyl (C=O) groups is 1. The highest BCUT2D eigenvalue weighted by Crippen LogP contribution is 2.36. The molecule has 0 spiro atoms. The average Bonchev–Trinajstić information content (AvgIpc) is 3.72. The minimum atomic E-state index is -0.847. The lowest BCUT2D eigenvalue weighted by atomic mass is 9.94. The fourth-order valence-electron chi connectivity index (χ4n) is 4.67. The second kappa shape index (κ2) is 12.9. The molecule has 2 fully saturated rings. The molecule has 9 heteroatoms. The molecule has 196 valence electrons. The third-order valence-electron chi connectivity index (χ3n) is 6.74. The Morgan fingerprint density at radius 2 is 1.97 bits per heavy atom. The van der Waals surface area contributed by atoms with Crippen LogP contribution in [0.4, 0.5) is 17.1 Å². The van der Waals surface area contributed by atoms with Gasteiger partial charge < -0.3 is 29.5 Å². The molecule has 1 aliphatic carbocycles. The van der Waals surface area contributed by atoms with Gasteiger partial charge >= 0.3 is 12.0 Å². The number of anilines is 3. The van der Waals surface area contributed by atoms with E-state index in [1.54, 1.807) is 19.5 Å². The summed E-state index contributed by atoms with van der Waals surface area (Å²) in [6.45, 7) is 5.62. The summed E-state index contributed by atoms with van der Waals surface area (Å²) in [5, 5.41) is 13.0. The number of benzene rings is 1. The van der Waals surface area contributed by atoms with Crippen molar-refractivity contribution in [3.8, 4) is 6.01 Å². The summed E-state index contributed by atoms with van der Waals surface area (Å²) >= 11 is 0. The second-order valence-electron chi connectivity index (χ2n) is 9.70. The Morgan fingerprint density at radius 3 is 2.61 bits per heavy atom. The van der Waals surface area contributed by atoms with E-state index in [9.17, 15) is 9.90 Å². The normalized spacial score (nSPS) is 16.9. The highest BCUT2D eigenvalue weighted by molar-refractivity contribution is 5.77. The van der Waals surface area contributed by atoms with Gasteiger partial charge in [-0.2, -0.15) is 0 Å². The quantitative estimate of drug-likeness (QED) is 0.386. The summed E-state index contributed by atoms with van der Waals surface area (Å²) in [6.07, 6.45) is 8.85. The molecule has 1 saturated carbocycles. The maximum absolute atomic E-state index is 11.5. The van der Waals surface area contributed by atoms with Crippen LogP contribution in [-0.2, 0) is 14.3 Å². The van der Waals surface area contributed by atoms with E-state index < -0.39 is 5.97 Å². The zero-order valence-electron chi connectivity index (χ0n) is 21.3. The van der Waals surface area contributed by atoms with E-state index in [0.29, 0.717) is 31.2 Å². The zero-order valence-corrected chi connectivity index (χ0v) is 21.3. The van der Waals surface area contributed by atoms with Crippen molar-refractivity contribution in [3.63, 3.8) is 0 Å². The number of aliphatic carboxylic acids is 1. The Labute approximate surface area is 213 Å². The van der Waals surface area contributed by atoms with Gasteiger partial charge in [0.1, 0.15) is 0 Å². The van der Waals surface area contributed by atoms with Gasteiger partial charge in [-0.15, -0.1) is 0 Å². The third kappa shape index (κ3) is 7.30. The highest BCUT2D eigenvalue weighted by Gasteiger charge is 2.25. The fourth-order valence-corrected chi connectivity index (χ4v) is 4.67. The van der Waals surface area contributed by atoms with Crippen molar-refractivity contribution in [1.29, 1.82) is 0 Å². The smallest absolute Gasteiger partial charge is 0.316 e. The first-order valence-electron chi connectivity index (χ1n) is 13.0.